The number of nitrogens with one attached hydrogen (secondary N) is 1. The van der Waals surface area contributed by atoms with Crippen LogP contribution in [0.15, 0.2) is 102 Å². The van der Waals surface area contributed by atoms with Crippen LogP contribution in [0.1, 0.15) is 36.1 Å². The van der Waals surface area contributed by atoms with Gasteiger partial charge in [-0.2, -0.15) is 0 Å². The van der Waals surface area contributed by atoms with E-state index in [1.165, 1.54) is 0 Å². The standard InChI is InChI=1S/C26H23BrN3O3P/c27-20-13-15-21(16-14-20)29-26(24-17-18-28-25(30-24)19-11-12-19)34(31,32-22-7-3-1-4-8-22)33-23-9-5-2-6-10-23/h1-10,13-19,26,29H,11-12H2. The molecule has 1 aromatic heterocycles. The van der Waals surface area contributed by atoms with Crippen LogP contribution in [0.5, 0.6) is 11.5 Å². The van der Waals surface area contributed by atoms with Crippen LogP contribution in [0.2, 0.25) is 0 Å². The van der Waals surface area contributed by atoms with Gasteiger partial charge in [-0.3, -0.25) is 0 Å². The van der Waals surface area contributed by atoms with Gasteiger partial charge in [-0.25, -0.2) is 14.5 Å². The van der Waals surface area contributed by atoms with Crippen molar-refractivity contribution in [3.05, 3.63) is 113 Å². The Balaban J connectivity index is 1.59. The van der Waals surface area contributed by atoms with Crippen LogP contribution >= 0.6 is 23.5 Å². The Morgan fingerprint density at radius 3 is 2.00 bits per heavy atom. The second-order valence-electron chi connectivity index (χ2n) is 8.02. The van der Waals surface area contributed by atoms with E-state index < -0.39 is 13.4 Å². The lowest BCUT2D eigenvalue weighted by atomic mass is 10.3. The van der Waals surface area contributed by atoms with Crippen molar-refractivity contribution in [2.24, 2.45) is 0 Å². The molecule has 0 saturated heterocycles. The normalized spacial score (nSPS) is 14.3. The highest BCUT2D eigenvalue weighted by Crippen LogP contribution is 2.60. The number of benzene rings is 3. The van der Waals surface area contributed by atoms with Crippen LogP contribution in [0.25, 0.3) is 0 Å². The largest absolute Gasteiger partial charge is 0.459 e. The number of rotatable bonds is 9. The van der Waals surface area contributed by atoms with Crippen molar-refractivity contribution in [3.8, 4) is 11.5 Å². The van der Waals surface area contributed by atoms with E-state index in [-0.39, 0.29) is 0 Å². The van der Waals surface area contributed by atoms with Gasteiger partial charge in [0.25, 0.3) is 0 Å². The summed E-state index contributed by atoms with van der Waals surface area (Å²) in [5, 5.41) is 3.37. The zero-order valence-corrected chi connectivity index (χ0v) is 20.7. The molecule has 1 aliphatic carbocycles. The molecule has 1 saturated carbocycles. The van der Waals surface area contributed by atoms with E-state index in [0.717, 1.165) is 28.8 Å². The van der Waals surface area contributed by atoms with Crippen molar-refractivity contribution in [1.29, 1.82) is 0 Å². The smallest absolute Gasteiger partial charge is 0.414 e. The average molecular weight is 536 g/mol. The van der Waals surface area contributed by atoms with Gasteiger partial charge in [-0.1, -0.05) is 52.3 Å². The van der Waals surface area contributed by atoms with E-state index in [4.69, 9.17) is 14.0 Å². The number of hydrogen-bond donors (Lipinski definition) is 1. The zero-order valence-electron chi connectivity index (χ0n) is 18.3. The molecule has 0 amide bonds. The molecule has 1 N–H and O–H groups in total. The molecule has 0 radical (unpaired) electrons. The van der Waals surface area contributed by atoms with Crippen LogP contribution < -0.4 is 14.4 Å². The minimum Gasteiger partial charge on any atom is -0.414 e. The third-order valence-electron chi connectivity index (χ3n) is 5.33. The van der Waals surface area contributed by atoms with Crippen LogP contribution in [0, 0.1) is 0 Å². The van der Waals surface area contributed by atoms with Gasteiger partial charge in [0.15, 0.2) is 5.78 Å². The number of halogens is 1. The Kier molecular flexibility index (Phi) is 6.66. The highest BCUT2D eigenvalue weighted by molar-refractivity contribution is 9.10. The number of nitrogens with zero attached hydrogens (tertiary/aromatic N) is 2. The summed E-state index contributed by atoms with van der Waals surface area (Å²) < 4.78 is 27.9. The van der Waals surface area contributed by atoms with Gasteiger partial charge in [-0.15, -0.1) is 0 Å². The number of anilines is 1. The summed E-state index contributed by atoms with van der Waals surface area (Å²) in [6.45, 7) is 0. The first-order valence-electron chi connectivity index (χ1n) is 11.0. The van der Waals surface area contributed by atoms with Crippen molar-refractivity contribution in [2.75, 3.05) is 5.32 Å². The van der Waals surface area contributed by atoms with Crippen molar-refractivity contribution >= 4 is 29.2 Å². The number of para-hydroxylation sites is 2. The maximum Gasteiger partial charge on any atom is 0.459 e. The highest BCUT2D eigenvalue weighted by atomic mass is 79.9. The molecule has 0 spiro atoms. The molecule has 6 nitrogen and oxygen atoms in total. The molecule has 172 valence electrons. The number of hydrogen-bond acceptors (Lipinski definition) is 6. The lowest BCUT2D eigenvalue weighted by molar-refractivity contribution is 0.375. The maximum atomic E-state index is 14.6. The zero-order chi connectivity index (χ0) is 23.4. The van der Waals surface area contributed by atoms with Crippen LogP contribution in [-0.4, -0.2) is 9.97 Å². The van der Waals surface area contributed by atoms with E-state index >= 15 is 0 Å². The summed E-state index contributed by atoms with van der Waals surface area (Å²) in [6.07, 6.45) is 3.83. The molecule has 34 heavy (non-hydrogen) atoms. The second-order valence-corrected chi connectivity index (χ2v) is 10.9. The lowest BCUT2D eigenvalue weighted by Crippen LogP contribution is -2.20. The molecule has 0 aliphatic heterocycles. The summed E-state index contributed by atoms with van der Waals surface area (Å²) in [5.41, 5.74) is 1.31. The molecular weight excluding hydrogens is 513 g/mol. The fourth-order valence-electron chi connectivity index (χ4n) is 3.48. The maximum absolute atomic E-state index is 14.6. The van der Waals surface area contributed by atoms with Crippen LogP contribution in [0.3, 0.4) is 0 Å². The molecule has 5 rings (SSSR count). The third kappa shape index (κ3) is 5.49. The first kappa shape index (κ1) is 22.6. The molecule has 1 atom stereocenters. The second kappa shape index (κ2) is 10.00. The Morgan fingerprint density at radius 2 is 1.44 bits per heavy atom. The minimum absolute atomic E-state index is 0.345. The lowest BCUT2D eigenvalue weighted by Gasteiger charge is -2.28. The number of aromatic nitrogens is 2. The van der Waals surface area contributed by atoms with Gasteiger partial charge in [-0.05, 0) is 67.4 Å². The summed E-state index contributed by atoms with van der Waals surface area (Å²) >= 11 is 3.46. The van der Waals surface area contributed by atoms with E-state index in [2.05, 4.69) is 26.2 Å². The summed E-state index contributed by atoms with van der Waals surface area (Å²) in [7, 11) is -3.92. The molecule has 0 bridgehead atoms. The Hall–Kier alpha value is -3.15. The van der Waals surface area contributed by atoms with Gasteiger partial charge in [0, 0.05) is 22.3 Å². The van der Waals surface area contributed by atoms with E-state index in [1.807, 2.05) is 60.7 Å². The summed E-state index contributed by atoms with van der Waals surface area (Å²) in [6, 6.07) is 27.5. The molecule has 1 heterocycles. The first-order valence-corrected chi connectivity index (χ1v) is 13.4. The molecule has 3 aromatic carbocycles. The quantitative estimate of drug-likeness (QED) is 0.223. The molecular formula is C26H23BrN3O3P. The van der Waals surface area contributed by atoms with Crippen LogP contribution in [-0.2, 0) is 4.57 Å². The first-order chi connectivity index (χ1) is 16.6. The predicted molar refractivity (Wildman–Crippen MR) is 136 cm³/mol. The Bertz CT molecular complexity index is 1240. The molecule has 8 heteroatoms. The average Bonchev–Trinajstić information content (AvgIpc) is 3.71. The highest BCUT2D eigenvalue weighted by Gasteiger charge is 2.42. The van der Waals surface area contributed by atoms with E-state index in [9.17, 15) is 4.57 Å². The molecule has 1 aliphatic rings. The van der Waals surface area contributed by atoms with Gasteiger partial charge in [0.2, 0.25) is 0 Å². The SMILES string of the molecule is O=P(Oc1ccccc1)(Oc1ccccc1)C(Nc1ccc(Br)cc1)c1ccnc(C2CC2)n1. The van der Waals surface area contributed by atoms with Gasteiger partial charge >= 0.3 is 7.60 Å². The van der Waals surface area contributed by atoms with Crippen molar-refractivity contribution in [3.63, 3.8) is 0 Å². The van der Waals surface area contributed by atoms with Gasteiger partial charge in [0.1, 0.15) is 17.3 Å². The topological polar surface area (TPSA) is 73.3 Å². The van der Waals surface area contributed by atoms with Crippen molar-refractivity contribution in [1.82, 2.24) is 9.97 Å². The summed E-state index contributed by atoms with van der Waals surface area (Å²) in [5.74, 6) is 1.11. The summed E-state index contributed by atoms with van der Waals surface area (Å²) in [4.78, 5) is 9.22. The molecule has 4 aromatic rings. The van der Waals surface area contributed by atoms with Gasteiger partial charge < -0.3 is 14.4 Å². The minimum atomic E-state index is -3.92. The Morgan fingerprint density at radius 1 is 0.853 bits per heavy atom. The van der Waals surface area contributed by atoms with Crippen molar-refractivity contribution in [2.45, 2.75) is 24.5 Å². The van der Waals surface area contributed by atoms with Crippen molar-refractivity contribution < 1.29 is 13.6 Å². The third-order valence-corrected chi connectivity index (χ3v) is 7.82. The van der Waals surface area contributed by atoms with Crippen LogP contribution in [0.4, 0.5) is 5.69 Å². The van der Waals surface area contributed by atoms with E-state index in [1.54, 1.807) is 36.5 Å². The monoisotopic (exact) mass is 535 g/mol. The Labute approximate surface area is 207 Å². The fourth-order valence-corrected chi connectivity index (χ4v) is 5.60. The molecule has 1 unspecified atom stereocenters. The van der Waals surface area contributed by atoms with Gasteiger partial charge in [0.05, 0.1) is 5.69 Å². The molecule has 1 fully saturated rings. The fraction of sp³-hybridized carbons (Fsp3) is 0.154. The van der Waals surface area contributed by atoms with E-state index in [0.29, 0.717) is 23.1 Å². The predicted octanol–water partition coefficient (Wildman–Crippen LogP) is 7.58.